The van der Waals surface area contributed by atoms with E-state index in [2.05, 4.69) is 62.2 Å². The summed E-state index contributed by atoms with van der Waals surface area (Å²) in [5.74, 6) is 0.936. The first-order valence-corrected chi connectivity index (χ1v) is 11.4. The molecule has 1 aliphatic heterocycles. The van der Waals surface area contributed by atoms with Gasteiger partial charge in [0.05, 0.1) is 0 Å². The average molecular weight is 451 g/mol. The molecule has 170 valence electrons. The van der Waals surface area contributed by atoms with Crippen molar-refractivity contribution in [2.24, 2.45) is 0 Å². The summed E-state index contributed by atoms with van der Waals surface area (Å²) < 4.78 is 0. The van der Waals surface area contributed by atoms with Gasteiger partial charge in [0.2, 0.25) is 5.95 Å². The van der Waals surface area contributed by atoms with E-state index in [9.17, 15) is 4.79 Å². The Morgan fingerprint density at radius 1 is 0.971 bits per heavy atom. The third kappa shape index (κ3) is 4.24. The van der Waals surface area contributed by atoms with Gasteiger partial charge in [0.1, 0.15) is 11.5 Å². The van der Waals surface area contributed by atoms with Crippen molar-refractivity contribution >= 4 is 17.5 Å². The van der Waals surface area contributed by atoms with Crippen LogP contribution in [0.4, 0.5) is 11.6 Å². The van der Waals surface area contributed by atoms with Crippen molar-refractivity contribution in [3.05, 3.63) is 83.8 Å². The number of anilines is 2. The van der Waals surface area contributed by atoms with Gasteiger partial charge in [0, 0.05) is 30.0 Å². The second-order valence-corrected chi connectivity index (χ2v) is 8.62. The predicted octanol–water partition coefficient (Wildman–Crippen LogP) is 4.93. The van der Waals surface area contributed by atoms with Gasteiger partial charge < -0.3 is 4.90 Å². The summed E-state index contributed by atoms with van der Waals surface area (Å²) in [5, 5.41) is 2.91. The van der Waals surface area contributed by atoms with E-state index in [-0.39, 0.29) is 11.9 Å². The third-order valence-corrected chi connectivity index (χ3v) is 5.98. The maximum Gasteiger partial charge on any atom is 0.258 e. The molecule has 7 nitrogen and oxygen atoms in total. The Kier molecular flexibility index (Phi) is 5.76. The number of pyridine rings is 1. The molecule has 1 amide bonds. The summed E-state index contributed by atoms with van der Waals surface area (Å²) >= 11 is 0. The number of benzene rings is 2. The summed E-state index contributed by atoms with van der Waals surface area (Å²) in [4.78, 5) is 33.4. The minimum absolute atomic E-state index is 0.218. The molecule has 0 spiro atoms. The molecule has 34 heavy (non-hydrogen) atoms. The van der Waals surface area contributed by atoms with Crippen LogP contribution in [-0.4, -0.2) is 38.4 Å². The molecule has 2 aromatic heterocycles. The number of rotatable bonds is 5. The molecule has 0 bridgehead atoms. The Labute approximate surface area is 199 Å². The zero-order valence-electron chi connectivity index (χ0n) is 19.5. The van der Waals surface area contributed by atoms with Crippen molar-refractivity contribution in [3.8, 4) is 22.6 Å². The van der Waals surface area contributed by atoms with Crippen molar-refractivity contribution in [2.45, 2.75) is 33.2 Å². The molecule has 1 N–H and O–H groups in total. The zero-order valence-corrected chi connectivity index (χ0v) is 19.5. The van der Waals surface area contributed by atoms with E-state index in [4.69, 9.17) is 0 Å². The first-order valence-electron chi connectivity index (χ1n) is 11.4. The van der Waals surface area contributed by atoms with Crippen LogP contribution in [0.15, 0.2) is 66.9 Å². The number of aromatic nitrogens is 4. The van der Waals surface area contributed by atoms with Crippen LogP contribution < -0.4 is 10.2 Å². The summed E-state index contributed by atoms with van der Waals surface area (Å²) in [6, 6.07) is 20.2. The van der Waals surface area contributed by atoms with Crippen molar-refractivity contribution in [1.82, 2.24) is 19.9 Å². The second-order valence-electron chi connectivity index (χ2n) is 8.62. The normalized spacial score (nSPS) is 12.6. The number of nitrogens with zero attached hydrogens (tertiary/aromatic N) is 5. The number of fused-ring (bicyclic) bond motifs is 1. The second kappa shape index (κ2) is 9.02. The minimum Gasteiger partial charge on any atom is -0.369 e. The van der Waals surface area contributed by atoms with E-state index in [0.717, 1.165) is 35.3 Å². The quantitative estimate of drug-likeness (QED) is 0.464. The molecule has 0 saturated heterocycles. The molecule has 0 unspecified atom stereocenters. The molecule has 4 aromatic rings. The highest BCUT2D eigenvalue weighted by Crippen LogP contribution is 2.37. The van der Waals surface area contributed by atoms with E-state index < -0.39 is 0 Å². The summed E-state index contributed by atoms with van der Waals surface area (Å²) in [6.45, 7) is 7.02. The van der Waals surface area contributed by atoms with Crippen LogP contribution in [0.3, 0.4) is 0 Å². The molecule has 5 rings (SSSR count). The number of carbonyl (C=O) groups is 1. The number of nitrogens with one attached hydrogen (secondary N) is 1. The van der Waals surface area contributed by atoms with Gasteiger partial charge in [-0.2, -0.15) is 9.97 Å². The zero-order chi connectivity index (χ0) is 23.7. The highest BCUT2D eigenvalue weighted by atomic mass is 16.1. The van der Waals surface area contributed by atoms with Crippen LogP contribution in [0.2, 0.25) is 0 Å². The fourth-order valence-electron chi connectivity index (χ4n) is 4.38. The molecule has 7 heteroatoms. The van der Waals surface area contributed by atoms with Gasteiger partial charge in [0.25, 0.3) is 5.91 Å². The van der Waals surface area contributed by atoms with E-state index in [1.165, 1.54) is 0 Å². The average Bonchev–Trinajstić information content (AvgIpc) is 3.28. The topological polar surface area (TPSA) is 83.9 Å². The van der Waals surface area contributed by atoms with Gasteiger partial charge in [-0.05, 0) is 68.1 Å². The van der Waals surface area contributed by atoms with Crippen LogP contribution in [0.1, 0.15) is 35.6 Å². The fourth-order valence-corrected chi connectivity index (χ4v) is 4.38. The van der Waals surface area contributed by atoms with Crippen LogP contribution in [-0.2, 0) is 6.42 Å². The van der Waals surface area contributed by atoms with Crippen molar-refractivity contribution in [1.29, 1.82) is 0 Å². The fraction of sp³-hybridized carbons (Fsp3) is 0.222. The SMILES string of the molecule is Cc1nc(NC(=O)c2cc(-c3ccccc3)cc3c2CCN3C(C)C)nc(-c2ccccn2)n1. The van der Waals surface area contributed by atoms with Crippen LogP contribution in [0.25, 0.3) is 22.6 Å². The highest BCUT2D eigenvalue weighted by molar-refractivity contribution is 6.06. The smallest absolute Gasteiger partial charge is 0.258 e. The Morgan fingerprint density at radius 2 is 1.76 bits per heavy atom. The standard InChI is InChI=1S/C27H26N6O/c1-17(2)33-14-12-21-22(15-20(16-24(21)33)19-9-5-4-6-10-19)26(34)32-27-30-18(3)29-25(31-27)23-11-7-8-13-28-23/h4-11,13,15-17H,12,14H2,1-3H3,(H,29,30,31,32,34). The Balaban J connectivity index is 1.54. The maximum atomic E-state index is 13.5. The van der Waals surface area contributed by atoms with E-state index >= 15 is 0 Å². The Morgan fingerprint density at radius 3 is 2.50 bits per heavy atom. The van der Waals surface area contributed by atoms with Gasteiger partial charge in [-0.15, -0.1) is 0 Å². The highest BCUT2D eigenvalue weighted by Gasteiger charge is 2.27. The molecule has 3 heterocycles. The largest absolute Gasteiger partial charge is 0.369 e. The lowest BCUT2D eigenvalue weighted by molar-refractivity contribution is 0.102. The summed E-state index contributed by atoms with van der Waals surface area (Å²) in [5.41, 5.74) is 5.53. The molecule has 0 aliphatic carbocycles. The first kappa shape index (κ1) is 21.7. The van der Waals surface area contributed by atoms with Crippen molar-refractivity contribution in [2.75, 3.05) is 16.8 Å². The number of hydrogen-bond acceptors (Lipinski definition) is 6. The predicted molar refractivity (Wildman–Crippen MR) is 134 cm³/mol. The van der Waals surface area contributed by atoms with Gasteiger partial charge >= 0.3 is 0 Å². The molecule has 1 aliphatic rings. The summed E-state index contributed by atoms with van der Waals surface area (Å²) in [6.07, 6.45) is 2.51. The van der Waals surface area contributed by atoms with Crippen LogP contribution in [0, 0.1) is 6.92 Å². The van der Waals surface area contributed by atoms with Gasteiger partial charge in [0.15, 0.2) is 5.82 Å². The van der Waals surface area contributed by atoms with Gasteiger partial charge in [-0.1, -0.05) is 36.4 Å². The monoisotopic (exact) mass is 450 g/mol. The van der Waals surface area contributed by atoms with E-state index in [1.54, 1.807) is 13.1 Å². The molecular weight excluding hydrogens is 424 g/mol. The molecule has 0 atom stereocenters. The van der Waals surface area contributed by atoms with E-state index in [0.29, 0.717) is 28.9 Å². The molecule has 0 radical (unpaired) electrons. The van der Waals surface area contributed by atoms with Crippen LogP contribution in [0.5, 0.6) is 0 Å². The lowest BCUT2D eigenvalue weighted by Gasteiger charge is -2.25. The Hall–Kier alpha value is -4.13. The van der Waals surface area contributed by atoms with Crippen molar-refractivity contribution in [3.63, 3.8) is 0 Å². The first-order chi connectivity index (χ1) is 16.5. The molecule has 0 saturated carbocycles. The molecule has 2 aromatic carbocycles. The molecule has 0 fully saturated rings. The number of carbonyl (C=O) groups excluding carboxylic acids is 1. The Bertz CT molecular complexity index is 1340. The minimum atomic E-state index is -0.225. The lowest BCUT2D eigenvalue weighted by Crippen LogP contribution is -2.28. The van der Waals surface area contributed by atoms with E-state index in [1.807, 2.05) is 42.5 Å². The maximum absolute atomic E-state index is 13.5. The number of hydrogen-bond donors (Lipinski definition) is 1. The molecular formula is C27H26N6O. The van der Waals surface area contributed by atoms with Crippen LogP contribution >= 0.6 is 0 Å². The van der Waals surface area contributed by atoms with Crippen molar-refractivity contribution < 1.29 is 4.79 Å². The lowest BCUT2D eigenvalue weighted by atomic mass is 9.96. The third-order valence-electron chi connectivity index (χ3n) is 5.98. The van der Waals surface area contributed by atoms with Gasteiger partial charge in [-0.3, -0.25) is 15.1 Å². The number of amides is 1. The van der Waals surface area contributed by atoms with Gasteiger partial charge in [-0.25, -0.2) is 4.98 Å². The number of aryl methyl sites for hydroxylation is 1. The summed E-state index contributed by atoms with van der Waals surface area (Å²) in [7, 11) is 0.